The fourth-order valence-corrected chi connectivity index (χ4v) is 2.06. The average Bonchev–Trinajstić information content (AvgIpc) is 2.41. The van der Waals surface area contributed by atoms with Gasteiger partial charge in [-0.2, -0.15) is 0 Å². The molecule has 0 aliphatic carbocycles. The Bertz CT molecular complexity index is 573. The number of benzene rings is 2. The van der Waals surface area contributed by atoms with Crippen molar-refractivity contribution in [3.05, 3.63) is 74.8 Å². The summed E-state index contributed by atoms with van der Waals surface area (Å²) >= 11 is 6.01. The van der Waals surface area contributed by atoms with Gasteiger partial charge in [0.05, 0.1) is 15.5 Å². The molecule has 0 spiro atoms. The lowest BCUT2D eigenvalue weighted by Gasteiger charge is -2.07. The van der Waals surface area contributed by atoms with E-state index in [1.807, 2.05) is 30.3 Å². The van der Waals surface area contributed by atoms with Crippen LogP contribution in [0.5, 0.6) is 0 Å². The predicted octanol–water partition coefficient (Wildman–Crippen LogP) is 3.54. The van der Waals surface area contributed by atoms with Gasteiger partial charge in [0.25, 0.3) is 5.69 Å². The van der Waals surface area contributed by atoms with Crippen molar-refractivity contribution in [1.29, 1.82) is 0 Å². The van der Waals surface area contributed by atoms with Gasteiger partial charge in [0.1, 0.15) is 0 Å². The zero-order valence-corrected chi connectivity index (χ0v) is 10.9. The number of nitro benzene ring substituents is 1. The number of halogens is 1. The van der Waals surface area contributed by atoms with Crippen molar-refractivity contribution in [3.8, 4) is 0 Å². The van der Waals surface area contributed by atoms with E-state index in [1.54, 1.807) is 12.1 Å². The van der Waals surface area contributed by atoms with Crippen LogP contribution in [0.4, 0.5) is 5.69 Å². The smallest absolute Gasteiger partial charge is 0.275 e. The zero-order chi connectivity index (χ0) is 13.7. The summed E-state index contributed by atoms with van der Waals surface area (Å²) in [5.74, 6) is 0. The molecule has 19 heavy (non-hydrogen) atoms. The lowest BCUT2D eigenvalue weighted by molar-refractivity contribution is -0.385. The minimum Gasteiger partial charge on any atom is -0.308 e. The summed E-state index contributed by atoms with van der Waals surface area (Å²) in [7, 11) is 0. The summed E-state index contributed by atoms with van der Waals surface area (Å²) in [5.41, 5.74) is 1.69. The van der Waals surface area contributed by atoms with Crippen LogP contribution in [0.25, 0.3) is 0 Å². The van der Waals surface area contributed by atoms with Gasteiger partial charge in [-0.1, -0.05) is 48.0 Å². The van der Waals surface area contributed by atoms with E-state index in [2.05, 4.69) is 5.32 Å². The van der Waals surface area contributed by atoms with Crippen LogP contribution in [0.15, 0.2) is 48.5 Å². The third kappa shape index (κ3) is 3.53. The Labute approximate surface area is 116 Å². The molecule has 0 aliphatic rings. The molecule has 98 valence electrons. The van der Waals surface area contributed by atoms with Gasteiger partial charge in [0, 0.05) is 19.2 Å². The van der Waals surface area contributed by atoms with E-state index in [4.69, 9.17) is 11.6 Å². The molecule has 5 heteroatoms. The molecule has 2 rings (SSSR count). The molecule has 0 atom stereocenters. The lowest BCUT2D eigenvalue weighted by Crippen LogP contribution is -2.14. The summed E-state index contributed by atoms with van der Waals surface area (Å²) in [6.07, 6.45) is 0. The minimum atomic E-state index is -0.411. The second-order valence-electron chi connectivity index (χ2n) is 4.08. The first-order chi connectivity index (χ1) is 9.18. The Kier molecular flexibility index (Phi) is 4.49. The number of hydrogen-bond acceptors (Lipinski definition) is 3. The molecule has 0 unspecified atom stereocenters. The number of nitro groups is 1. The molecular formula is C14H13ClN2O2. The van der Waals surface area contributed by atoms with Crippen LogP contribution in [0.3, 0.4) is 0 Å². The molecule has 0 bridgehead atoms. The van der Waals surface area contributed by atoms with Crippen molar-refractivity contribution in [1.82, 2.24) is 5.32 Å². The van der Waals surface area contributed by atoms with E-state index in [0.717, 1.165) is 5.56 Å². The molecule has 2 aromatic rings. The van der Waals surface area contributed by atoms with Crippen LogP contribution in [0.1, 0.15) is 11.1 Å². The van der Waals surface area contributed by atoms with E-state index in [1.165, 1.54) is 6.07 Å². The number of nitrogens with one attached hydrogen (secondary N) is 1. The quantitative estimate of drug-likeness (QED) is 0.671. The number of nitrogens with zero attached hydrogens (tertiary/aromatic N) is 1. The highest BCUT2D eigenvalue weighted by atomic mass is 35.5. The van der Waals surface area contributed by atoms with Crippen molar-refractivity contribution < 1.29 is 4.92 Å². The van der Waals surface area contributed by atoms with E-state index >= 15 is 0 Å². The Morgan fingerprint density at radius 1 is 1.05 bits per heavy atom. The number of hydrogen-bond donors (Lipinski definition) is 1. The second kappa shape index (κ2) is 6.31. The van der Waals surface area contributed by atoms with Crippen LogP contribution < -0.4 is 5.32 Å². The van der Waals surface area contributed by atoms with Crippen molar-refractivity contribution in [2.75, 3.05) is 0 Å². The van der Waals surface area contributed by atoms with Crippen LogP contribution in [0, 0.1) is 10.1 Å². The SMILES string of the molecule is O=[N+]([O-])c1cccc(Cl)c1CNCc1ccccc1. The van der Waals surface area contributed by atoms with Gasteiger partial charge in [-0.05, 0) is 11.6 Å². The number of rotatable bonds is 5. The van der Waals surface area contributed by atoms with Gasteiger partial charge < -0.3 is 5.32 Å². The normalized spacial score (nSPS) is 10.4. The Hall–Kier alpha value is -1.91. The Morgan fingerprint density at radius 3 is 2.47 bits per heavy atom. The summed E-state index contributed by atoms with van der Waals surface area (Å²) in [6, 6.07) is 14.6. The summed E-state index contributed by atoms with van der Waals surface area (Å²) in [5, 5.41) is 14.5. The summed E-state index contributed by atoms with van der Waals surface area (Å²) in [4.78, 5) is 10.5. The highest BCUT2D eigenvalue weighted by molar-refractivity contribution is 6.31. The molecule has 0 fully saturated rings. The average molecular weight is 277 g/mol. The fraction of sp³-hybridized carbons (Fsp3) is 0.143. The standard InChI is InChI=1S/C14H13ClN2O2/c15-13-7-4-8-14(17(18)19)12(13)10-16-9-11-5-2-1-3-6-11/h1-8,16H,9-10H2. The molecule has 0 aromatic heterocycles. The molecule has 0 saturated heterocycles. The van der Waals surface area contributed by atoms with Crippen molar-refractivity contribution in [2.24, 2.45) is 0 Å². The van der Waals surface area contributed by atoms with E-state index in [0.29, 0.717) is 23.7 Å². The lowest BCUT2D eigenvalue weighted by atomic mass is 10.1. The molecule has 0 heterocycles. The topological polar surface area (TPSA) is 55.2 Å². The van der Waals surface area contributed by atoms with Crippen LogP contribution in [-0.4, -0.2) is 4.92 Å². The van der Waals surface area contributed by atoms with Crippen molar-refractivity contribution >= 4 is 17.3 Å². The van der Waals surface area contributed by atoms with Crippen LogP contribution in [0.2, 0.25) is 5.02 Å². The maximum Gasteiger partial charge on any atom is 0.275 e. The van der Waals surface area contributed by atoms with Crippen molar-refractivity contribution in [2.45, 2.75) is 13.1 Å². The van der Waals surface area contributed by atoms with E-state index < -0.39 is 4.92 Å². The van der Waals surface area contributed by atoms with E-state index in [-0.39, 0.29) is 5.69 Å². The van der Waals surface area contributed by atoms with Gasteiger partial charge in [0.15, 0.2) is 0 Å². The molecule has 0 aliphatic heterocycles. The summed E-state index contributed by atoms with van der Waals surface area (Å²) < 4.78 is 0. The first-order valence-electron chi connectivity index (χ1n) is 5.85. The highest BCUT2D eigenvalue weighted by Crippen LogP contribution is 2.25. The van der Waals surface area contributed by atoms with Gasteiger partial charge in [-0.15, -0.1) is 0 Å². The first-order valence-corrected chi connectivity index (χ1v) is 6.22. The third-order valence-electron chi connectivity index (χ3n) is 2.76. The fourth-order valence-electron chi connectivity index (χ4n) is 1.82. The molecule has 1 N–H and O–H groups in total. The molecule has 4 nitrogen and oxygen atoms in total. The second-order valence-corrected chi connectivity index (χ2v) is 4.49. The van der Waals surface area contributed by atoms with Crippen LogP contribution >= 0.6 is 11.6 Å². The minimum absolute atomic E-state index is 0.0491. The Balaban J connectivity index is 2.05. The van der Waals surface area contributed by atoms with Gasteiger partial charge in [-0.25, -0.2) is 0 Å². The van der Waals surface area contributed by atoms with Crippen LogP contribution in [-0.2, 0) is 13.1 Å². The maximum atomic E-state index is 10.9. The molecule has 2 aromatic carbocycles. The molecule has 0 radical (unpaired) electrons. The van der Waals surface area contributed by atoms with E-state index in [9.17, 15) is 10.1 Å². The van der Waals surface area contributed by atoms with Gasteiger partial charge in [0.2, 0.25) is 0 Å². The predicted molar refractivity (Wildman–Crippen MR) is 75.1 cm³/mol. The van der Waals surface area contributed by atoms with Gasteiger partial charge >= 0.3 is 0 Å². The Morgan fingerprint density at radius 2 is 1.79 bits per heavy atom. The van der Waals surface area contributed by atoms with Crippen molar-refractivity contribution in [3.63, 3.8) is 0 Å². The first kappa shape index (κ1) is 13.5. The molecule has 0 amide bonds. The third-order valence-corrected chi connectivity index (χ3v) is 3.12. The van der Waals surface area contributed by atoms with Gasteiger partial charge in [-0.3, -0.25) is 10.1 Å². The highest BCUT2D eigenvalue weighted by Gasteiger charge is 2.15. The molecule has 0 saturated carbocycles. The monoisotopic (exact) mass is 276 g/mol. The largest absolute Gasteiger partial charge is 0.308 e. The zero-order valence-electron chi connectivity index (χ0n) is 10.2. The summed E-state index contributed by atoms with van der Waals surface area (Å²) in [6.45, 7) is 1.01. The maximum absolute atomic E-state index is 10.9. The molecular weight excluding hydrogens is 264 g/mol.